The van der Waals surface area contributed by atoms with Crippen molar-refractivity contribution >= 4 is 37.2 Å². The average Bonchev–Trinajstić information content (AvgIpc) is 2.74. The molecule has 2 aromatic carbocycles. The Morgan fingerprint density at radius 3 is 2.27 bits per heavy atom. The van der Waals surface area contributed by atoms with Crippen LogP contribution in [-0.2, 0) is 29.9 Å². The lowest BCUT2D eigenvalue weighted by Crippen LogP contribution is -2.25. The van der Waals surface area contributed by atoms with E-state index in [1.807, 2.05) is 30.3 Å². The number of rotatable bonds is 13. The Morgan fingerprint density at radius 2 is 1.70 bits per heavy atom. The molecule has 0 fully saturated rings. The summed E-state index contributed by atoms with van der Waals surface area (Å²) in [6.07, 6.45) is 0.879. The molecule has 0 spiro atoms. The predicted molar refractivity (Wildman–Crippen MR) is 119 cm³/mol. The van der Waals surface area contributed by atoms with Gasteiger partial charge in [0.05, 0.1) is 28.9 Å². The van der Waals surface area contributed by atoms with Crippen molar-refractivity contribution in [2.24, 2.45) is 0 Å². The van der Waals surface area contributed by atoms with Crippen molar-refractivity contribution < 1.29 is 23.2 Å². The lowest BCUT2D eigenvalue weighted by atomic mass is 10.1. The number of carbonyl (C=O) groups is 1. The van der Waals surface area contributed by atoms with Crippen LogP contribution in [0.5, 0.6) is 0 Å². The van der Waals surface area contributed by atoms with Gasteiger partial charge in [-0.15, -0.1) is 0 Å². The van der Waals surface area contributed by atoms with Crippen LogP contribution in [0.4, 0.5) is 0 Å². The lowest BCUT2D eigenvalue weighted by molar-refractivity contribution is -0.177. The molecule has 2 rings (SSSR count). The molecule has 2 aromatic rings. The smallest absolute Gasteiger partial charge is 0.308 e. The van der Waals surface area contributed by atoms with Gasteiger partial charge in [0, 0.05) is 6.54 Å². The normalized spacial score (nSPS) is 12.5. The summed E-state index contributed by atoms with van der Waals surface area (Å²) in [6, 6.07) is 14.5. The lowest BCUT2D eigenvalue weighted by Gasteiger charge is -2.28. The summed E-state index contributed by atoms with van der Waals surface area (Å²) in [5, 5.41) is 1.91. The standard InChI is InChI=1S/C21H26Cl2NO5P/c1-3-28-30(26,29-4-2)21(18-10-11-19(22)20(23)14-18)12-13-24(16-25)27-15-17-8-6-5-7-9-17/h5-11,14,16,21H,3-4,12-13,15H2,1-2H3. The first-order chi connectivity index (χ1) is 14.4. The molecule has 0 aliphatic carbocycles. The van der Waals surface area contributed by atoms with Gasteiger partial charge in [0.25, 0.3) is 0 Å². The Kier molecular flexibility index (Phi) is 10.3. The molecule has 0 heterocycles. The van der Waals surface area contributed by atoms with Gasteiger partial charge in [-0.25, -0.2) is 5.06 Å². The van der Waals surface area contributed by atoms with E-state index in [-0.39, 0.29) is 32.8 Å². The third-order valence-electron chi connectivity index (χ3n) is 4.31. The Bertz CT molecular complexity index is 843. The molecule has 1 unspecified atom stereocenters. The van der Waals surface area contributed by atoms with E-state index in [0.717, 1.165) is 5.56 Å². The molecule has 0 aliphatic heterocycles. The number of halogens is 2. The minimum absolute atomic E-state index is 0.186. The highest BCUT2D eigenvalue weighted by Crippen LogP contribution is 2.62. The highest BCUT2D eigenvalue weighted by atomic mass is 35.5. The van der Waals surface area contributed by atoms with Crippen LogP contribution in [0.15, 0.2) is 48.5 Å². The van der Waals surface area contributed by atoms with Gasteiger partial charge >= 0.3 is 7.60 Å². The Labute approximate surface area is 187 Å². The summed E-state index contributed by atoms with van der Waals surface area (Å²) in [4.78, 5) is 17.1. The first kappa shape index (κ1) is 24.9. The summed E-state index contributed by atoms with van der Waals surface area (Å²) < 4.78 is 24.6. The molecule has 0 saturated carbocycles. The first-order valence-corrected chi connectivity index (χ1v) is 12.0. The molecule has 0 aromatic heterocycles. The molecule has 30 heavy (non-hydrogen) atoms. The van der Waals surface area contributed by atoms with Crippen molar-refractivity contribution in [3.63, 3.8) is 0 Å². The van der Waals surface area contributed by atoms with Gasteiger partial charge in [0.15, 0.2) is 0 Å². The summed E-state index contributed by atoms with van der Waals surface area (Å²) in [6.45, 7) is 4.36. The van der Waals surface area contributed by atoms with Gasteiger partial charge in [-0.2, -0.15) is 0 Å². The van der Waals surface area contributed by atoms with Crippen LogP contribution >= 0.6 is 30.8 Å². The van der Waals surface area contributed by atoms with Crippen LogP contribution in [0.25, 0.3) is 0 Å². The fourth-order valence-corrected chi connectivity index (χ4v) is 5.35. The highest BCUT2D eigenvalue weighted by Gasteiger charge is 2.37. The van der Waals surface area contributed by atoms with E-state index in [2.05, 4.69) is 0 Å². The van der Waals surface area contributed by atoms with Crippen molar-refractivity contribution in [3.8, 4) is 0 Å². The molecule has 164 valence electrons. The van der Waals surface area contributed by atoms with E-state index < -0.39 is 13.3 Å². The van der Waals surface area contributed by atoms with Crippen molar-refractivity contribution in [2.75, 3.05) is 19.8 Å². The fraction of sp³-hybridized carbons (Fsp3) is 0.381. The molecule has 0 radical (unpaired) electrons. The minimum atomic E-state index is -3.53. The molecule has 6 nitrogen and oxygen atoms in total. The van der Waals surface area contributed by atoms with Gasteiger partial charge in [-0.05, 0) is 43.5 Å². The second-order valence-corrected chi connectivity index (χ2v) is 9.39. The number of hydrogen-bond acceptors (Lipinski definition) is 5. The third kappa shape index (κ3) is 7.09. The number of benzene rings is 2. The van der Waals surface area contributed by atoms with Gasteiger partial charge in [-0.3, -0.25) is 14.2 Å². The third-order valence-corrected chi connectivity index (χ3v) is 7.60. The van der Waals surface area contributed by atoms with Crippen LogP contribution in [0.3, 0.4) is 0 Å². The van der Waals surface area contributed by atoms with Crippen molar-refractivity contribution in [2.45, 2.75) is 32.5 Å². The van der Waals surface area contributed by atoms with E-state index in [1.165, 1.54) is 5.06 Å². The summed E-state index contributed by atoms with van der Waals surface area (Å²) in [5.41, 5.74) is 0.943. The molecular weight excluding hydrogens is 448 g/mol. The zero-order valence-corrected chi connectivity index (χ0v) is 19.4. The minimum Gasteiger partial charge on any atom is -0.308 e. The summed E-state index contributed by atoms with van der Waals surface area (Å²) >= 11 is 12.2. The second-order valence-electron chi connectivity index (χ2n) is 6.36. The number of hydroxylamine groups is 2. The molecule has 0 bridgehead atoms. The monoisotopic (exact) mass is 473 g/mol. The van der Waals surface area contributed by atoms with E-state index in [0.29, 0.717) is 22.0 Å². The maximum Gasteiger partial charge on any atom is 0.338 e. The highest BCUT2D eigenvalue weighted by molar-refractivity contribution is 7.54. The number of hydrogen-bond donors (Lipinski definition) is 0. The zero-order chi connectivity index (χ0) is 22.0. The van der Waals surface area contributed by atoms with Crippen LogP contribution in [0.2, 0.25) is 10.0 Å². The van der Waals surface area contributed by atoms with Crippen molar-refractivity contribution in [3.05, 3.63) is 69.7 Å². The number of nitrogens with zero attached hydrogens (tertiary/aromatic N) is 1. The molecule has 9 heteroatoms. The fourth-order valence-electron chi connectivity index (χ4n) is 2.93. The predicted octanol–water partition coefficient (Wildman–Crippen LogP) is 6.28. The SMILES string of the molecule is CCOP(=O)(OCC)C(CCN(C=O)OCc1ccccc1)c1ccc(Cl)c(Cl)c1. The first-order valence-electron chi connectivity index (χ1n) is 9.66. The van der Waals surface area contributed by atoms with E-state index in [9.17, 15) is 9.36 Å². The van der Waals surface area contributed by atoms with E-state index >= 15 is 0 Å². The Hall–Kier alpha value is -1.40. The van der Waals surface area contributed by atoms with Crippen molar-refractivity contribution in [1.82, 2.24) is 5.06 Å². The quantitative estimate of drug-likeness (QED) is 0.194. The van der Waals surface area contributed by atoms with Gasteiger partial charge in [-0.1, -0.05) is 59.6 Å². The van der Waals surface area contributed by atoms with Gasteiger partial charge in [0.1, 0.15) is 6.61 Å². The molecular formula is C21H26Cl2NO5P. The van der Waals surface area contributed by atoms with E-state index in [4.69, 9.17) is 37.1 Å². The summed E-state index contributed by atoms with van der Waals surface area (Å²) in [5.74, 6) is 0. The topological polar surface area (TPSA) is 65.1 Å². The van der Waals surface area contributed by atoms with Crippen LogP contribution < -0.4 is 0 Å². The van der Waals surface area contributed by atoms with Crippen LogP contribution in [0, 0.1) is 0 Å². The molecule has 0 saturated heterocycles. The Balaban J connectivity index is 2.19. The van der Waals surface area contributed by atoms with Crippen molar-refractivity contribution in [1.29, 1.82) is 0 Å². The molecule has 0 N–H and O–H groups in total. The summed E-state index contributed by atoms with van der Waals surface area (Å²) in [7, 11) is -3.53. The molecule has 0 aliphatic rings. The average molecular weight is 474 g/mol. The second kappa shape index (κ2) is 12.5. The van der Waals surface area contributed by atoms with Crippen LogP contribution in [-0.4, -0.2) is 31.2 Å². The Morgan fingerprint density at radius 1 is 1.03 bits per heavy atom. The van der Waals surface area contributed by atoms with Gasteiger partial charge in [0.2, 0.25) is 6.41 Å². The maximum absolute atomic E-state index is 13.5. The zero-order valence-electron chi connectivity index (χ0n) is 17.0. The largest absolute Gasteiger partial charge is 0.338 e. The number of amides is 1. The molecule has 1 amide bonds. The van der Waals surface area contributed by atoms with E-state index in [1.54, 1.807) is 32.0 Å². The van der Waals surface area contributed by atoms with Gasteiger partial charge < -0.3 is 9.05 Å². The maximum atomic E-state index is 13.5. The number of carbonyl (C=O) groups excluding carboxylic acids is 1. The van der Waals surface area contributed by atoms with Crippen LogP contribution in [0.1, 0.15) is 37.1 Å². The molecule has 1 atom stereocenters.